The number of nitrogens with one attached hydrogen (secondary N) is 1. The van der Waals surface area contributed by atoms with E-state index in [1.54, 1.807) is 18.2 Å². The topological polar surface area (TPSA) is 79.3 Å². The third-order valence-electron chi connectivity index (χ3n) is 5.87. The molecule has 1 aromatic heterocycles. The van der Waals surface area contributed by atoms with Gasteiger partial charge in [-0.25, -0.2) is 13.8 Å². The molecule has 0 fully saturated rings. The molecule has 0 aliphatic rings. The van der Waals surface area contributed by atoms with E-state index in [1.807, 2.05) is 30.3 Å². The van der Waals surface area contributed by atoms with E-state index in [-0.39, 0.29) is 35.5 Å². The smallest absolute Gasteiger partial charge is 0.303 e. The lowest BCUT2D eigenvalue weighted by Gasteiger charge is -2.20. The lowest BCUT2D eigenvalue weighted by atomic mass is 9.93. The zero-order valence-corrected chi connectivity index (χ0v) is 22.2. The number of carboxylic acid groups (broad SMARTS) is 1. The van der Waals surface area contributed by atoms with Gasteiger partial charge in [0.1, 0.15) is 11.6 Å². The van der Waals surface area contributed by atoms with Crippen LogP contribution in [0.25, 0.3) is 22.2 Å². The summed E-state index contributed by atoms with van der Waals surface area (Å²) in [5.41, 5.74) is 1.60. The molecule has 1 heterocycles. The Kier molecular flexibility index (Phi) is 8.42. The first kappa shape index (κ1) is 27.0. The van der Waals surface area contributed by atoms with E-state index in [9.17, 15) is 18.4 Å². The van der Waals surface area contributed by atoms with Gasteiger partial charge in [-0.05, 0) is 36.8 Å². The Balaban J connectivity index is 1.74. The van der Waals surface area contributed by atoms with Crippen molar-refractivity contribution in [3.8, 4) is 11.3 Å². The molecule has 10 heteroatoms. The maximum atomic E-state index is 14.7. The number of benzene rings is 3. The van der Waals surface area contributed by atoms with Crippen LogP contribution in [0.2, 0.25) is 10.0 Å². The van der Waals surface area contributed by atoms with Gasteiger partial charge in [0.25, 0.3) is 5.91 Å². The van der Waals surface area contributed by atoms with Gasteiger partial charge >= 0.3 is 5.97 Å². The number of rotatable bonds is 8. The maximum absolute atomic E-state index is 14.7. The average molecular weight is 608 g/mol. The number of aliphatic carboxylic acids is 1. The Labute approximate surface area is 229 Å². The zero-order valence-electron chi connectivity index (χ0n) is 19.1. The average Bonchev–Trinajstić information content (AvgIpc) is 2.87. The van der Waals surface area contributed by atoms with Gasteiger partial charge in [-0.15, -0.1) is 0 Å². The van der Waals surface area contributed by atoms with Gasteiger partial charge in [-0.2, -0.15) is 0 Å². The summed E-state index contributed by atoms with van der Waals surface area (Å²) in [6.07, 6.45) is -0.418. The fourth-order valence-electron chi connectivity index (χ4n) is 4.09. The summed E-state index contributed by atoms with van der Waals surface area (Å²) in [5.74, 6) is -4.25. The van der Waals surface area contributed by atoms with Crippen molar-refractivity contribution in [2.24, 2.45) is 0 Å². The van der Waals surface area contributed by atoms with Gasteiger partial charge in [0.05, 0.1) is 26.8 Å². The Morgan fingerprint density at radius 3 is 2.41 bits per heavy atom. The first-order chi connectivity index (χ1) is 17.7. The molecular formula is C27H19BrCl2F2N2O3. The Bertz CT molecular complexity index is 1500. The highest BCUT2D eigenvalue weighted by molar-refractivity contribution is 9.10. The van der Waals surface area contributed by atoms with E-state index in [1.165, 1.54) is 0 Å². The predicted molar refractivity (Wildman–Crippen MR) is 143 cm³/mol. The van der Waals surface area contributed by atoms with Gasteiger partial charge < -0.3 is 10.4 Å². The molecule has 5 nitrogen and oxygen atoms in total. The first-order valence-corrected chi connectivity index (χ1v) is 12.7. The number of fused-ring (bicyclic) bond motifs is 1. The standard InChI is InChI=1S/C27H19BrCl2F2N2O3/c28-16-7-10-20-17(12-16)23(25(30)26(34-20)14-4-2-1-3-5-14)27(37)33-13-15(6-11-21(35)36)22-18(31)8-9-19(32)24(22)29/h1-5,7-10,12,15H,6,11,13H2,(H,33,37)(H,35,36). The number of hydrogen-bond donors (Lipinski definition) is 2. The number of nitrogens with zero attached hydrogens (tertiary/aromatic N) is 1. The second kappa shape index (κ2) is 11.5. The molecule has 0 bridgehead atoms. The van der Waals surface area contributed by atoms with Crippen molar-refractivity contribution in [1.82, 2.24) is 10.3 Å². The number of pyridine rings is 1. The van der Waals surface area contributed by atoms with Gasteiger partial charge in [-0.1, -0.05) is 69.5 Å². The third kappa shape index (κ3) is 5.92. The van der Waals surface area contributed by atoms with Gasteiger partial charge in [-0.3, -0.25) is 9.59 Å². The second-order valence-electron chi connectivity index (χ2n) is 8.27. The molecule has 0 spiro atoms. The molecule has 2 N–H and O–H groups in total. The molecule has 0 saturated carbocycles. The van der Waals surface area contributed by atoms with Crippen molar-refractivity contribution in [2.45, 2.75) is 18.8 Å². The van der Waals surface area contributed by atoms with Gasteiger partial charge in [0.2, 0.25) is 0 Å². The summed E-state index contributed by atoms with van der Waals surface area (Å²) in [5, 5.41) is 12.0. The normalized spacial score (nSPS) is 11.9. The zero-order chi connectivity index (χ0) is 26.7. The number of carbonyl (C=O) groups is 2. The molecule has 37 heavy (non-hydrogen) atoms. The molecule has 0 aliphatic heterocycles. The van der Waals surface area contributed by atoms with Crippen LogP contribution >= 0.6 is 39.1 Å². The van der Waals surface area contributed by atoms with Crippen LogP contribution < -0.4 is 5.32 Å². The van der Waals surface area contributed by atoms with Crippen LogP contribution in [-0.4, -0.2) is 28.5 Å². The number of carbonyl (C=O) groups excluding carboxylic acids is 1. The van der Waals surface area contributed by atoms with E-state index >= 15 is 0 Å². The largest absolute Gasteiger partial charge is 0.481 e. The number of aromatic nitrogens is 1. The van der Waals surface area contributed by atoms with E-state index in [0.717, 1.165) is 12.1 Å². The molecular weight excluding hydrogens is 589 g/mol. The lowest BCUT2D eigenvalue weighted by Crippen LogP contribution is -2.30. The molecule has 4 aromatic rings. The maximum Gasteiger partial charge on any atom is 0.303 e. The minimum atomic E-state index is -1.12. The van der Waals surface area contributed by atoms with Crippen molar-refractivity contribution in [2.75, 3.05) is 6.54 Å². The highest BCUT2D eigenvalue weighted by Gasteiger charge is 2.25. The summed E-state index contributed by atoms with van der Waals surface area (Å²) >= 11 is 16.2. The number of halogens is 5. The fraction of sp³-hybridized carbons (Fsp3) is 0.148. The summed E-state index contributed by atoms with van der Waals surface area (Å²) in [7, 11) is 0. The van der Waals surface area contributed by atoms with Crippen LogP contribution in [0.15, 0.2) is 65.1 Å². The fourth-order valence-corrected chi connectivity index (χ4v) is 5.10. The van der Waals surface area contributed by atoms with E-state index in [4.69, 9.17) is 28.3 Å². The highest BCUT2D eigenvalue weighted by atomic mass is 79.9. The highest BCUT2D eigenvalue weighted by Crippen LogP contribution is 2.36. The molecule has 1 unspecified atom stereocenters. The molecule has 4 rings (SSSR count). The summed E-state index contributed by atoms with van der Waals surface area (Å²) in [4.78, 5) is 29.4. The quantitative estimate of drug-likeness (QED) is 0.202. The summed E-state index contributed by atoms with van der Waals surface area (Å²) < 4.78 is 29.5. The molecule has 3 aromatic carbocycles. The molecule has 1 atom stereocenters. The van der Waals surface area contributed by atoms with Gasteiger partial charge in [0.15, 0.2) is 0 Å². The molecule has 1 amide bonds. The van der Waals surface area contributed by atoms with E-state index in [0.29, 0.717) is 26.6 Å². The Morgan fingerprint density at radius 1 is 1.00 bits per heavy atom. The monoisotopic (exact) mass is 606 g/mol. The van der Waals surface area contributed by atoms with Crippen LogP contribution in [0.4, 0.5) is 8.78 Å². The molecule has 0 saturated heterocycles. The summed E-state index contributed by atoms with van der Waals surface area (Å²) in [6, 6.07) is 16.2. The number of hydrogen-bond acceptors (Lipinski definition) is 3. The molecule has 190 valence electrons. The third-order valence-corrected chi connectivity index (χ3v) is 7.11. The molecule has 0 radical (unpaired) electrons. The van der Waals surface area contributed by atoms with Crippen LogP contribution in [0.1, 0.15) is 34.7 Å². The second-order valence-corrected chi connectivity index (χ2v) is 9.94. The Hall–Kier alpha value is -3.07. The molecule has 0 aliphatic carbocycles. The SMILES string of the molecule is O=C(O)CCC(CNC(=O)c1c(Cl)c(-c2ccccc2)nc2ccc(Br)cc12)c1c(F)ccc(F)c1Cl. The van der Waals surface area contributed by atoms with Crippen molar-refractivity contribution < 1.29 is 23.5 Å². The van der Waals surface area contributed by atoms with Crippen LogP contribution in [0.3, 0.4) is 0 Å². The van der Waals surface area contributed by atoms with Gasteiger partial charge in [0, 0.05) is 39.9 Å². The van der Waals surface area contributed by atoms with Crippen LogP contribution in [-0.2, 0) is 4.79 Å². The van der Waals surface area contributed by atoms with Crippen molar-refractivity contribution in [3.63, 3.8) is 0 Å². The van der Waals surface area contributed by atoms with Crippen LogP contribution in [0.5, 0.6) is 0 Å². The van der Waals surface area contributed by atoms with Crippen LogP contribution in [0, 0.1) is 11.6 Å². The van der Waals surface area contributed by atoms with E-state index < -0.39 is 34.5 Å². The van der Waals surface area contributed by atoms with Crippen molar-refractivity contribution in [1.29, 1.82) is 0 Å². The van der Waals surface area contributed by atoms with E-state index in [2.05, 4.69) is 26.2 Å². The Morgan fingerprint density at radius 2 is 1.70 bits per heavy atom. The van der Waals surface area contributed by atoms with Crippen molar-refractivity contribution in [3.05, 3.63) is 97.9 Å². The predicted octanol–water partition coefficient (Wildman–Crippen LogP) is 7.63. The first-order valence-electron chi connectivity index (χ1n) is 11.1. The lowest BCUT2D eigenvalue weighted by molar-refractivity contribution is -0.137. The minimum Gasteiger partial charge on any atom is -0.481 e. The minimum absolute atomic E-state index is 0.0820. The number of amides is 1. The number of carboxylic acids is 1. The summed E-state index contributed by atoms with van der Waals surface area (Å²) in [6.45, 7) is -0.207. The van der Waals surface area contributed by atoms with Crippen molar-refractivity contribution >= 4 is 61.9 Å².